The molecular weight excluding hydrogens is 262 g/mol. The van der Waals surface area contributed by atoms with Gasteiger partial charge < -0.3 is 13.3 Å². The first-order valence-electron chi connectivity index (χ1n) is 7.11. The highest BCUT2D eigenvalue weighted by Gasteiger charge is 2.39. The third-order valence-corrected chi connectivity index (χ3v) is 5.18. The topological polar surface area (TPSA) is 68.6 Å². The zero-order chi connectivity index (χ0) is 15.0. The van der Waals surface area contributed by atoms with Gasteiger partial charge >= 0.3 is 8.80 Å². The Morgan fingerprint density at radius 1 is 0.842 bits per heavy atom. The lowest BCUT2D eigenvalue weighted by Crippen LogP contribution is -2.46. The minimum Gasteiger partial charge on any atom is -0.373 e. The molecule has 0 bridgehead atoms. The lowest BCUT2D eigenvalue weighted by molar-refractivity contribution is 0.0591. The molecule has 0 aromatic carbocycles. The molecule has 114 valence electrons. The maximum Gasteiger partial charge on any atom is 0.500 e. The molecule has 0 unspecified atom stereocenters. The van der Waals surface area contributed by atoms with E-state index in [0.29, 0.717) is 0 Å². The van der Waals surface area contributed by atoms with Crippen LogP contribution in [0.2, 0.25) is 6.04 Å². The van der Waals surface area contributed by atoms with Crippen LogP contribution in [0.25, 0.3) is 0 Å². The van der Waals surface area contributed by atoms with E-state index in [1.807, 2.05) is 0 Å². The number of isocyanates is 1. The van der Waals surface area contributed by atoms with Gasteiger partial charge in [0.15, 0.2) is 0 Å². The van der Waals surface area contributed by atoms with E-state index in [4.69, 9.17) is 23.5 Å². The van der Waals surface area contributed by atoms with E-state index >= 15 is 0 Å². The molecule has 0 saturated carbocycles. The maximum absolute atomic E-state index is 8.35. The summed E-state index contributed by atoms with van der Waals surface area (Å²) < 4.78 is 17.8. The molecule has 0 aliphatic rings. The molecule has 0 aromatic rings. The Kier molecular flexibility index (Phi) is 17.0. The van der Waals surface area contributed by atoms with E-state index in [1.165, 1.54) is 0 Å². The van der Waals surface area contributed by atoms with Crippen molar-refractivity contribution in [3.8, 4) is 0 Å². The number of hydrogen-bond donors (Lipinski definition) is 1. The molecule has 0 fully saturated rings. The van der Waals surface area contributed by atoms with Crippen LogP contribution < -0.4 is 0 Å². The largest absolute Gasteiger partial charge is 0.500 e. The molecule has 0 rings (SSSR count). The molecule has 0 aliphatic carbocycles. The van der Waals surface area contributed by atoms with E-state index in [1.54, 1.807) is 0 Å². The summed E-state index contributed by atoms with van der Waals surface area (Å²) in [5.41, 5.74) is 0. The van der Waals surface area contributed by atoms with Gasteiger partial charge in [-0.2, -0.15) is 0 Å². The zero-order valence-electron chi connectivity index (χ0n) is 12.8. The van der Waals surface area contributed by atoms with Gasteiger partial charge in [0.05, 0.1) is 0 Å². The molecule has 5 nitrogen and oxygen atoms in total. The summed E-state index contributed by atoms with van der Waals surface area (Å²) in [5.74, 6) is 0. The highest BCUT2D eigenvalue weighted by Crippen LogP contribution is 2.19. The Balaban J connectivity index is 0. The fourth-order valence-corrected chi connectivity index (χ4v) is 4.26. The molecule has 19 heavy (non-hydrogen) atoms. The SMILES string of the molecule is CCCO[Si](CCC)(OCCC)OCCC.N=C=O. The second-order valence-electron chi connectivity index (χ2n) is 4.08. The second-order valence-corrected chi connectivity index (χ2v) is 6.81. The van der Waals surface area contributed by atoms with Gasteiger partial charge in [-0.3, -0.25) is 0 Å². The summed E-state index contributed by atoms with van der Waals surface area (Å²) in [7, 11) is -2.36. The van der Waals surface area contributed by atoms with E-state index in [0.717, 1.165) is 57.6 Å². The Labute approximate surface area is 118 Å². The molecule has 0 aromatic heterocycles. The number of rotatable bonds is 11. The predicted molar refractivity (Wildman–Crippen MR) is 78.0 cm³/mol. The molecule has 0 aliphatic heterocycles. The van der Waals surface area contributed by atoms with Gasteiger partial charge in [0, 0.05) is 25.9 Å². The molecular formula is C13H29NO4Si. The molecule has 6 heteroatoms. The van der Waals surface area contributed by atoms with E-state index in [-0.39, 0.29) is 0 Å². The van der Waals surface area contributed by atoms with Crippen molar-refractivity contribution in [2.45, 2.75) is 59.4 Å². The Bertz CT molecular complexity index is 199. The summed E-state index contributed by atoms with van der Waals surface area (Å²) in [6, 6.07) is 0.938. The van der Waals surface area contributed by atoms with Crippen LogP contribution in [-0.4, -0.2) is 34.7 Å². The van der Waals surface area contributed by atoms with Gasteiger partial charge in [0.2, 0.25) is 6.08 Å². The van der Waals surface area contributed by atoms with Crippen molar-refractivity contribution < 1.29 is 18.1 Å². The van der Waals surface area contributed by atoms with Crippen molar-refractivity contribution >= 4 is 14.9 Å². The van der Waals surface area contributed by atoms with Crippen molar-refractivity contribution in [1.82, 2.24) is 0 Å². The molecule has 0 radical (unpaired) electrons. The molecule has 0 spiro atoms. The lowest BCUT2D eigenvalue weighted by atomic mass is 10.5. The maximum atomic E-state index is 8.35. The van der Waals surface area contributed by atoms with Crippen LogP contribution >= 0.6 is 0 Å². The van der Waals surface area contributed by atoms with Gasteiger partial charge in [-0.25, -0.2) is 10.2 Å². The molecule has 1 N–H and O–H groups in total. The van der Waals surface area contributed by atoms with Gasteiger partial charge in [-0.1, -0.05) is 34.1 Å². The van der Waals surface area contributed by atoms with Crippen LogP contribution in [0.4, 0.5) is 0 Å². The third-order valence-electron chi connectivity index (χ3n) is 2.13. The van der Waals surface area contributed by atoms with E-state index < -0.39 is 8.80 Å². The number of nitrogens with one attached hydrogen (secondary N) is 1. The van der Waals surface area contributed by atoms with E-state index in [9.17, 15) is 0 Å². The predicted octanol–water partition coefficient (Wildman–Crippen LogP) is 3.52. The fourth-order valence-electron chi connectivity index (χ4n) is 1.42. The highest BCUT2D eigenvalue weighted by molar-refractivity contribution is 6.60. The average molecular weight is 291 g/mol. The highest BCUT2D eigenvalue weighted by atomic mass is 28.4. The first-order chi connectivity index (χ1) is 9.16. The number of hydrogen-bond acceptors (Lipinski definition) is 5. The first-order valence-corrected chi connectivity index (χ1v) is 9.05. The van der Waals surface area contributed by atoms with Crippen molar-refractivity contribution in [1.29, 1.82) is 5.41 Å². The zero-order valence-corrected chi connectivity index (χ0v) is 13.8. The Morgan fingerprint density at radius 3 is 1.37 bits per heavy atom. The van der Waals surface area contributed by atoms with Crippen LogP contribution in [0.15, 0.2) is 0 Å². The molecule has 0 atom stereocenters. The molecule has 0 heterocycles. The quantitative estimate of drug-likeness (QED) is 0.359. The van der Waals surface area contributed by atoms with Gasteiger partial charge in [0.1, 0.15) is 0 Å². The Morgan fingerprint density at radius 2 is 1.16 bits per heavy atom. The first kappa shape index (κ1) is 20.8. The van der Waals surface area contributed by atoms with Crippen molar-refractivity contribution in [2.24, 2.45) is 0 Å². The van der Waals surface area contributed by atoms with Crippen LogP contribution in [0, 0.1) is 5.41 Å². The molecule has 0 saturated heterocycles. The summed E-state index contributed by atoms with van der Waals surface area (Å²) in [6.07, 6.45) is 4.86. The van der Waals surface area contributed by atoms with Crippen molar-refractivity contribution in [3.63, 3.8) is 0 Å². The van der Waals surface area contributed by atoms with Gasteiger partial charge in [-0.15, -0.1) is 0 Å². The van der Waals surface area contributed by atoms with Gasteiger partial charge in [-0.05, 0) is 19.3 Å². The van der Waals surface area contributed by atoms with Crippen LogP contribution in [-0.2, 0) is 18.1 Å². The van der Waals surface area contributed by atoms with Crippen LogP contribution in [0.1, 0.15) is 53.4 Å². The monoisotopic (exact) mass is 291 g/mol. The standard InChI is InChI=1S/C12H28O3Si.CHNO/c1-5-9-13-16(12-8-4,14-10-6-2)15-11-7-3;2-1-3/h5-12H2,1-4H3;2H. The smallest absolute Gasteiger partial charge is 0.373 e. The molecule has 0 amide bonds. The summed E-state index contributed by atoms with van der Waals surface area (Å²) in [5, 5.41) is 5.40. The summed E-state index contributed by atoms with van der Waals surface area (Å²) in [6.45, 7) is 10.8. The fraction of sp³-hybridized carbons (Fsp3) is 0.923. The third kappa shape index (κ3) is 12.3. The average Bonchev–Trinajstić information content (AvgIpc) is 2.41. The lowest BCUT2D eigenvalue weighted by Gasteiger charge is -2.29. The van der Waals surface area contributed by atoms with E-state index in [2.05, 4.69) is 27.7 Å². The van der Waals surface area contributed by atoms with Crippen molar-refractivity contribution in [2.75, 3.05) is 19.8 Å². The van der Waals surface area contributed by atoms with Gasteiger partial charge in [0.25, 0.3) is 0 Å². The summed E-state index contributed by atoms with van der Waals surface area (Å²) in [4.78, 5) is 8.35. The minimum absolute atomic E-state index is 0.750. The normalized spacial score (nSPS) is 10.5. The van der Waals surface area contributed by atoms with Crippen LogP contribution in [0.5, 0.6) is 0 Å². The van der Waals surface area contributed by atoms with Crippen molar-refractivity contribution in [3.05, 3.63) is 0 Å². The number of carbonyl (C=O) groups excluding carboxylic acids is 1. The minimum atomic E-state index is -2.36. The Hall–Kier alpha value is -0.523. The van der Waals surface area contributed by atoms with Crippen LogP contribution in [0.3, 0.4) is 0 Å². The second kappa shape index (κ2) is 15.5. The summed E-state index contributed by atoms with van der Waals surface area (Å²) >= 11 is 0.